The predicted octanol–water partition coefficient (Wildman–Crippen LogP) is 5.65. The first-order chi connectivity index (χ1) is 16.5. The highest BCUT2D eigenvalue weighted by atomic mass is 35.5. The number of nitrogens with zero attached hydrogens (tertiary/aromatic N) is 3. The quantitative estimate of drug-likeness (QED) is 0.302. The smallest absolute Gasteiger partial charge is 0.381 e. The number of benzene rings is 1. The van der Waals surface area contributed by atoms with Gasteiger partial charge >= 0.3 is 6.18 Å². The minimum absolute atomic E-state index is 0.0129. The Bertz CT molecular complexity index is 1310. The Morgan fingerprint density at radius 2 is 1.91 bits per heavy atom. The van der Waals surface area contributed by atoms with Crippen LogP contribution in [0.25, 0.3) is 21.8 Å². The molecule has 1 aromatic carbocycles. The molecule has 7 nitrogen and oxygen atoms in total. The van der Waals surface area contributed by atoms with Gasteiger partial charge in [-0.1, -0.05) is 6.07 Å². The van der Waals surface area contributed by atoms with Crippen LogP contribution in [0.3, 0.4) is 0 Å². The molecule has 0 saturated carbocycles. The van der Waals surface area contributed by atoms with E-state index in [-0.39, 0.29) is 22.5 Å². The summed E-state index contributed by atoms with van der Waals surface area (Å²) in [6.07, 6.45) is -3.30. The van der Waals surface area contributed by atoms with Crippen molar-refractivity contribution < 1.29 is 30.7 Å². The van der Waals surface area contributed by atoms with Gasteiger partial charge < -0.3 is 4.74 Å². The summed E-state index contributed by atoms with van der Waals surface area (Å²) in [5.41, 5.74) is 0.128. The molecule has 14 heteroatoms. The van der Waals surface area contributed by atoms with E-state index in [4.69, 9.17) is 16.3 Å². The minimum Gasteiger partial charge on any atom is -0.381 e. The minimum atomic E-state index is -4.66. The number of alkyl halides is 3. The largest absolute Gasteiger partial charge is 0.390 e. The molecular weight excluding hydrogens is 532 g/mol. The van der Waals surface area contributed by atoms with E-state index < -0.39 is 39.9 Å². The fraction of sp³-hybridized carbons (Fsp3) is 0.381. The molecule has 1 saturated heterocycles. The van der Waals surface area contributed by atoms with Gasteiger partial charge in [0, 0.05) is 30.9 Å². The molecule has 35 heavy (non-hydrogen) atoms. The van der Waals surface area contributed by atoms with Crippen molar-refractivity contribution in [2.24, 2.45) is 0 Å². The molecule has 0 unspecified atom stereocenters. The third-order valence-corrected chi connectivity index (χ3v) is 7.94. The Labute approximate surface area is 207 Å². The average molecular weight is 551 g/mol. The van der Waals surface area contributed by atoms with Crippen molar-refractivity contribution in [2.75, 3.05) is 23.7 Å². The molecule has 0 amide bonds. The summed E-state index contributed by atoms with van der Waals surface area (Å²) in [6, 6.07) is 5.54. The van der Waals surface area contributed by atoms with Crippen molar-refractivity contribution in [1.82, 2.24) is 15.0 Å². The van der Waals surface area contributed by atoms with Crippen LogP contribution in [0.15, 0.2) is 30.5 Å². The molecular formula is C21H19ClF4N4O3S2. The number of nitrogens with one attached hydrogen (secondary N) is 1. The van der Waals surface area contributed by atoms with Gasteiger partial charge in [-0.25, -0.2) is 27.8 Å². The normalized spacial score (nSPS) is 15.3. The zero-order chi connectivity index (χ0) is 25.2. The Hall–Kier alpha value is -2.35. The SMILES string of the molecule is O=S(=O)(CCC(F)(F)F)Nc1cccc(-c2nc(C3CCOCC3)sc2-c2ccnc(Cl)n2)c1F. The topological polar surface area (TPSA) is 94.1 Å². The van der Waals surface area contributed by atoms with Crippen LogP contribution in [-0.4, -0.2) is 48.5 Å². The fourth-order valence-electron chi connectivity index (χ4n) is 3.54. The van der Waals surface area contributed by atoms with Gasteiger partial charge in [0.15, 0.2) is 5.82 Å². The second kappa shape index (κ2) is 10.3. The number of anilines is 1. The summed E-state index contributed by atoms with van der Waals surface area (Å²) < 4.78 is 84.6. The van der Waals surface area contributed by atoms with E-state index in [2.05, 4.69) is 15.0 Å². The monoisotopic (exact) mass is 550 g/mol. The molecule has 0 aliphatic carbocycles. The third kappa shape index (κ3) is 6.46. The number of rotatable bonds is 7. The van der Waals surface area contributed by atoms with E-state index in [9.17, 15) is 21.6 Å². The van der Waals surface area contributed by atoms with Gasteiger partial charge in [0.1, 0.15) is 0 Å². The number of aromatic nitrogens is 3. The Kier molecular flexibility index (Phi) is 7.60. The summed E-state index contributed by atoms with van der Waals surface area (Å²) in [4.78, 5) is 13.2. The third-order valence-electron chi connectivity index (χ3n) is 5.25. The van der Waals surface area contributed by atoms with Gasteiger partial charge in [0.2, 0.25) is 15.3 Å². The fourth-order valence-corrected chi connectivity index (χ4v) is 6.00. The van der Waals surface area contributed by atoms with Crippen LogP contribution < -0.4 is 4.72 Å². The van der Waals surface area contributed by atoms with Crippen molar-refractivity contribution >= 4 is 38.6 Å². The van der Waals surface area contributed by atoms with E-state index in [1.165, 1.54) is 29.7 Å². The van der Waals surface area contributed by atoms with Gasteiger partial charge in [-0.2, -0.15) is 13.2 Å². The van der Waals surface area contributed by atoms with Crippen LogP contribution in [0.1, 0.15) is 30.2 Å². The van der Waals surface area contributed by atoms with E-state index in [1.54, 1.807) is 6.07 Å². The van der Waals surface area contributed by atoms with E-state index in [0.717, 1.165) is 23.9 Å². The molecule has 0 bridgehead atoms. The molecule has 4 rings (SSSR count). The molecule has 1 aliphatic heterocycles. The van der Waals surface area contributed by atoms with Gasteiger partial charge in [0.25, 0.3) is 0 Å². The van der Waals surface area contributed by atoms with Gasteiger partial charge in [-0.3, -0.25) is 4.72 Å². The van der Waals surface area contributed by atoms with Gasteiger partial charge in [0.05, 0.1) is 39.1 Å². The number of hydrogen-bond donors (Lipinski definition) is 1. The van der Waals surface area contributed by atoms with Crippen LogP contribution in [0.5, 0.6) is 0 Å². The van der Waals surface area contributed by atoms with Crippen molar-refractivity contribution in [3.8, 4) is 21.8 Å². The lowest BCUT2D eigenvalue weighted by molar-refractivity contribution is -0.129. The van der Waals surface area contributed by atoms with Crippen LogP contribution in [-0.2, 0) is 14.8 Å². The molecule has 1 N–H and O–H groups in total. The van der Waals surface area contributed by atoms with E-state index in [1.807, 2.05) is 4.72 Å². The number of ether oxygens (including phenoxy) is 1. The van der Waals surface area contributed by atoms with Gasteiger partial charge in [-0.05, 0) is 42.6 Å². The second-order valence-electron chi connectivity index (χ2n) is 7.78. The van der Waals surface area contributed by atoms with Crippen LogP contribution >= 0.6 is 22.9 Å². The first-order valence-corrected chi connectivity index (χ1v) is 13.3. The first-order valence-electron chi connectivity index (χ1n) is 10.5. The van der Waals surface area contributed by atoms with Crippen molar-refractivity contribution in [3.63, 3.8) is 0 Å². The molecule has 0 spiro atoms. The molecule has 3 heterocycles. The predicted molar refractivity (Wildman–Crippen MR) is 124 cm³/mol. The summed E-state index contributed by atoms with van der Waals surface area (Å²) in [6.45, 7) is 1.13. The molecule has 3 aromatic rings. The highest BCUT2D eigenvalue weighted by Gasteiger charge is 2.31. The summed E-state index contributed by atoms with van der Waals surface area (Å²) >= 11 is 7.27. The van der Waals surface area contributed by atoms with Crippen molar-refractivity contribution in [3.05, 3.63) is 46.6 Å². The lowest BCUT2D eigenvalue weighted by Crippen LogP contribution is -2.22. The van der Waals surface area contributed by atoms with Crippen LogP contribution in [0.4, 0.5) is 23.2 Å². The van der Waals surface area contributed by atoms with Crippen LogP contribution in [0.2, 0.25) is 5.28 Å². The highest BCUT2D eigenvalue weighted by molar-refractivity contribution is 7.92. The number of hydrogen-bond acceptors (Lipinski definition) is 7. The zero-order valence-corrected chi connectivity index (χ0v) is 20.4. The number of thiazole rings is 1. The zero-order valence-electron chi connectivity index (χ0n) is 18.0. The first kappa shape index (κ1) is 25.7. The maximum absolute atomic E-state index is 15.5. The molecule has 1 fully saturated rings. The highest BCUT2D eigenvalue weighted by Crippen LogP contribution is 2.42. The van der Waals surface area contributed by atoms with Crippen molar-refractivity contribution in [1.29, 1.82) is 0 Å². The lowest BCUT2D eigenvalue weighted by atomic mass is 10.0. The summed E-state index contributed by atoms with van der Waals surface area (Å²) in [5, 5.41) is 0.727. The summed E-state index contributed by atoms with van der Waals surface area (Å²) in [7, 11) is -4.45. The van der Waals surface area contributed by atoms with E-state index in [0.29, 0.717) is 23.8 Å². The number of sulfonamides is 1. The average Bonchev–Trinajstić information content (AvgIpc) is 3.25. The maximum atomic E-state index is 15.5. The van der Waals surface area contributed by atoms with E-state index >= 15 is 4.39 Å². The Morgan fingerprint density at radius 3 is 2.60 bits per heavy atom. The molecule has 0 atom stereocenters. The van der Waals surface area contributed by atoms with Crippen molar-refractivity contribution in [2.45, 2.75) is 31.4 Å². The maximum Gasteiger partial charge on any atom is 0.390 e. The second-order valence-corrected chi connectivity index (χ2v) is 11.0. The number of halogens is 5. The standard InChI is InChI=1S/C21H19ClF4N4O3S2/c22-20-27-8-4-15(28-20)18-17(29-19(34-18)12-5-9-33-10-6-12)13-2-1-3-14(16(13)23)30-35(31,32)11-7-21(24,25)26/h1-4,8,12,30H,5-7,9-11H2. The molecule has 2 aromatic heterocycles. The Morgan fingerprint density at radius 1 is 1.17 bits per heavy atom. The van der Waals surface area contributed by atoms with Crippen LogP contribution in [0, 0.1) is 5.82 Å². The lowest BCUT2D eigenvalue weighted by Gasteiger charge is -2.19. The Balaban J connectivity index is 1.74. The molecule has 0 radical (unpaired) electrons. The summed E-state index contributed by atoms with van der Waals surface area (Å²) in [5.74, 6) is -2.10. The molecule has 188 valence electrons. The molecule has 1 aliphatic rings. The van der Waals surface area contributed by atoms with Gasteiger partial charge in [-0.15, -0.1) is 11.3 Å².